The lowest BCUT2D eigenvalue weighted by Crippen LogP contribution is -2.07. The second-order valence-electron chi connectivity index (χ2n) is 4.54. The maximum Gasteiger partial charge on any atom is 0.250 e. The SMILES string of the molecule is O=C(/C=C/c1cc(Cl)c2c(c1)OCCCO2)Nc1nccs1. The van der Waals surface area contributed by atoms with Gasteiger partial charge in [0.05, 0.1) is 18.2 Å². The molecule has 2 heterocycles. The molecule has 0 saturated heterocycles. The molecule has 2 aromatic rings. The van der Waals surface area contributed by atoms with E-state index in [9.17, 15) is 4.79 Å². The molecule has 22 heavy (non-hydrogen) atoms. The van der Waals surface area contributed by atoms with E-state index < -0.39 is 0 Å². The van der Waals surface area contributed by atoms with Gasteiger partial charge >= 0.3 is 0 Å². The Labute approximate surface area is 136 Å². The van der Waals surface area contributed by atoms with Crippen LogP contribution in [0.15, 0.2) is 29.8 Å². The summed E-state index contributed by atoms with van der Waals surface area (Å²) in [5.74, 6) is 0.909. The second kappa shape index (κ2) is 6.81. The van der Waals surface area contributed by atoms with Crippen molar-refractivity contribution >= 4 is 40.1 Å². The average molecular weight is 337 g/mol. The fourth-order valence-electron chi connectivity index (χ4n) is 1.95. The molecule has 0 atom stereocenters. The van der Waals surface area contributed by atoms with Gasteiger partial charge in [0.2, 0.25) is 5.91 Å². The molecular weight excluding hydrogens is 324 g/mol. The molecule has 3 rings (SSSR count). The number of thiazole rings is 1. The number of carbonyl (C=O) groups excluding carboxylic acids is 1. The van der Waals surface area contributed by atoms with Gasteiger partial charge in [-0.3, -0.25) is 10.1 Å². The monoisotopic (exact) mass is 336 g/mol. The average Bonchev–Trinajstić information content (AvgIpc) is 2.88. The van der Waals surface area contributed by atoms with Crippen LogP contribution in [0.3, 0.4) is 0 Å². The summed E-state index contributed by atoms with van der Waals surface area (Å²) in [7, 11) is 0. The van der Waals surface area contributed by atoms with E-state index in [-0.39, 0.29) is 5.91 Å². The zero-order valence-corrected chi connectivity index (χ0v) is 13.1. The van der Waals surface area contributed by atoms with Crippen molar-refractivity contribution in [3.05, 3.63) is 40.4 Å². The zero-order chi connectivity index (χ0) is 15.4. The molecule has 1 aliphatic rings. The van der Waals surface area contributed by atoms with Crippen molar-refractivity contribution in [1.29, 1.82) is 0 Å². The molecule has 1 aromatic heterocycles. The molecule has 1 amide bonds. The highest BCUT2D eigenvalue weighted by Crippen LogP contribution is 2.38. The highest BCUT2D eigenvalue weighted by atomic mass is 35.5. The summed E-state index contributed by atoms with van der Waals surface area (Å²) in [5.41, 5.74) is 0.767. The first kappa shape index (κ1) is 14.9. The van der Waals surface area contributed by atoms with Gasteiger partial charge in [-0.1, -0.05) is 11.6 Å². The lowest BCUT2D eigenvalue weighted by molar-refractivity contribution is -0.111. The molecular formula is C15H13ClN2O3S. The number of aromatic nitrogens is 1. The van der Waals surface area contributed by atoms with Gasteiger partial charge < -0.3 is 9.47 Å². The summed E-state index contributed by atoms with van der Waals surface area (Å²) < 4.78 is 11.2. The van der Waals surface area contributed by atoms with Crippen LogP contribution in [0.25, 0.3) is 6.08 Å². The van der Waals surface area contributed by atoms with Gasteiger partial charge in [-0.05, 0) is 23.8 Å². The smallest absolute Gasteiger partial charge is 0.250 e. The fraction of sp³-hybridized carbons (Fsp3) is 0.200. The summed E-state index contributed by atoms with van der Waals surface area (Å²) >= 11 is 7.56. The Morgan fingerprint density at radius 1 is 1.36 bits per heavy atom. The maximum atomic E-state index is 11.8. The molecule has 0 unspecified atom stereocenters. The number of ether oxygens (including phenoxy) is 2. The van der Waals surface area contributed by atoms with Crippen LogP contribution in [0, 0.1) is 0 Å². The van der Waals surface area contributed by atoms with Crippen LogP contribution in [0.1, 0.15) is 12.0 Å². The summed E-state index contributed by atoms with van der Waals surface area (Å²) in [5, 5.41) is 5.50. The number of carbonyl (C=O) groups is 1. The minimum atomic E-state index is -0.252. The summed E-state index contributed by atoms with van der Waals surface area (Å²) in [6.07, 6.45) is 5.54. The number of hydrogen-bond acceptors (Lipinski definition) is 5. The number of anilines is 1. The van der Waals surface area contributed by atoms with Gasteiger partial charge in [-0.2, -0.15) is 0 Å². The first-order valence-electron chi connectivity index (χ1n) is 6.70. The van der Waals surface area contributed by atoms with Crippen molar-refractivity contribution in [3.8, 4) is 11.5 Å². The van der Waals surface area contributed by atoms with Crippen LogP contribution >= 0.6 is 22.9 Å². The second-order valence-corrected chi connectivity index (χ2v) is 5.84. The molecule has 114 valence electrons. The van der Waals surface area contributed by atoms with Crippen LogP contribution in [0.5, 0.6) is 11.5 Å². The number of rotatable bonds is 3. The summed E-state index contributed by atoms with van der Waals surface area (Å²) in [6, 6.07) is 3.54. The van der Waals surface area contributed by atoms with Gasteiger partial charge in [0.15, 0.2) is 16.6 Å². The molecule has 0 bridgehead atoms. The van der Waals surface area contributed by atoms with Crippen molar-refractivity contribution in [2.24, 2.45) is 0 Å². The lowest BCUT2D eigenvalue weighted by atomic mass is 10.2. The van der Waals surface area contributed by atoms with Crippen LogP contribution in [0.4, 0.5) is 5.13 Å². The molecule has 1 N–H and O–H groups in total. The van der Waals surface area contributed by atoms with Crippen molar-refractivity contribution < 1.29 is 14.3 Å². The number of halogens is 1. The largest absolute Gasteiger partial charge is 0.489 e. The van der Waals surface area contributed by atoms with E-state index in [4.69, 9.17) is 21.1 Å². The van der Waals surface area contributed by atoms with Crippen molar-refractivity contribution in [2.45, 2.75) is 6.42 Å². The van der Waals surface area contributed by atoms with Gasteiger partial charge in [0.1, 0.15) is 0 Å². The molecule has 7 heteroatoms. The third-order valence-electron chi connectivity index (χ3n) is 2.91. The Bertz CT molecular complexity index is 701. The molecule has 5 nitrogen and oxygen atoms in total. The van der Waals surface area contributed by atoms with E-state index in [0.717, 1.165) is 12.0 Å². The lowest BCUT2D eigenvalue weighted by Gasteiger charge is -2.09. The third kappa shape index (κ3) is 3.58. The molecule has 1 aliphatic heterocycles. The maximum absolute atomic E-state index is 11.8. The predicted molar refractivity (Wildman–Crippen MR) is 86.8 cm³/mol. The molecule has 0 fully saturated rings. The number of nitrogens with one attached hydrogen (secondary N) is 1. The minimum Gasteiger partial charge on any atom is -0.489 e. The highest BCUT2D eigenvalue weighted by Gasteiger charge is 2.14. The first-order chi connectivity index (χ1) is 10.7. The van der Waals surface area contributed by atoms with Gasteiger partial charge in [-0.15, -0.1) is 11.3 Å². The standard InChI is InChI=1S/C15H13ClN2O3S/c16-11-8-10(9-12-14(11)21-6-1-5-20-12)2-3-13(19)18-15-17-4-7-22-15/h2-4,7-9H,1,5-6H2,(H,17,18,19)/b3-2+. The van der Waals surface area contributed by atoms with E-state index in [2.05, 4.69) is 10.3 Å². The predicted octanol–water partition coefficient (Wildman–Crippen LogP) is 3.61. The van der Waals surface area contributed by atoms with E-state index in [1.807, 2.05) is 0 Å². The molecule has 0 spiro atoms. The number of nitrogens with zero attached hydrogens (tertiary/aromatic N) is 1. The van der Waals surface area contributed by atoms with E-state index >= 15 is 0 Å². The van der Waals surface area contributed by atoms with Crippen LogP contribution in [-0.2, 0) is 4.79 Å². The molecule has 0 saturated carbocycles. The van der Waals surface area contributed by atoms with E-state index in [1.54, 1.807) is 29.8 Å². The van der Waals surface area contributed by atoms with Crippen LogP contribution in [-0.4, -0.2) is 24.1 Å². The van der Waals surface area contributed by atoms with Crippen molar-refractivity contribution in [2.75, 3.05) is 18.5 Å². The Kier molecular flexibility index (Phi) is 4.60. The molecule has 0 aliphatic carbocycles. The van der Waals surface area contributed by atoms with Crippen LogP contribution < -0.4 is 14.8 Å². The quantitative estimate of drug-likeness (QED) is 0.870. The summed E-state index contributed by atoms with van der Waals surface area (Å²) in [6.45, 7) is 1.17. The normalized spacial score (nSPS) is 13.9. The first-order valence-corrected chi connectivity index (χ1v) is 7.96. The number of fused-ring (bicyclic) bond motifs is 1. The van der Waals surface area contributed by atoms with Crippen LogP contribution in [0.2, 0.25) is 5.02 Å². The molecule has 1 aromatic carbocycles. The van der Waals surface area contributed by atoms with E-state index in [0.29, 0.717) is 34.9 Å². The Morgan fingerprint density at radius 2 is 2.23 bits per heavy atom. The van der Waals surface area contributed by atoms with Gasteiger partial charge in [-0.25, -0.2) is 4.98 Å². The molecule has 0 radical (unpaired) electrons. The summed E-state index contributed by atoms with van der Waals surface area (Å²) in [4.78, 5) is 15.8. The van der Waals surface area contributed by atoms with Crippen molar-refractivity contribution in [1.82, 2.24) is 4.98 Å². The number of hydrogen-bond donors (Lipinski definition) is 1. The van der Waals surface area contributed by atoms with Gasteiger partial charge in [0, 0.05) is 24.1 Å². The highest BCUT2D eigenvalue weighted by molar-refractivity contribution is 7.13. The minimum absolute atomic E-state index is 0.252. The number of benzene rings is 1. The zero-order valence-electron chi connectivity index (χ0n) is 11.5. The topological polar surface area (TPSA) is 60.5 Å². The number of amides is 1. The third-order valence-corrected chi connectivity index (χ3v) is 3.88. The van der Waals surface area contributed by atoms with E-state index in [1.165, 1.54) is 17.4 Å². The Hall–Kier alpha value is -2.05. The Morgan fingerprint density at radius 3 is 3.05 bits per heavy atom. The van der Waals surface area contributed by atoms with Gasteiger partial charge in [0.25, 0.3) is 0 Å². The van der Waals surface area contributed by atoms with Crippen molar-refractivity contribution in [3.63, 3.8) is 0 Å². The Balaban J connectivity index is 1.74. The fourth-order valence-corrected chi connectivity index (χ4v) is 2.76.